The van der Waals surface area contributed by atoms with E-state index >= 15 is 0 Å². The molecule has 0 unspecified atom stereocenters. The Labute approximate surface area is 212 Å². The zero-order valence-corrected chi connectivity index (χ0v) is 21.8. The Hall–Kier alpha value is -1.76. The van der Waals surface area contributed by atoms with Gasteiger partial charge in [-0.3, -0.25) is 4.79 Å². The molecule has 0 aromatic heterocycles. The molecule has 1 amide bonds. The molecule has 2 saturated carbocycles. The maximum absolute atomic E-state index is 12.6. The van der Waals surface area contributed by atoms with E-state index in [1.54, 1.807) is 18.3 Å². The molecule has 0 aliphatic heterocycles. The Kier molecular flexibility index (Phi) is 7.56. The third-order valence-electron chi connectivity index (χ3n) is 6.72. The Morgan fingerprint density at radius 1 is 1.27 bits per heavy atom. The summed E-state index contributed by atoms with van der Waals surface area (Å²) in [6, 6.07) is 9.00. The quantitative estimate of drug-likeness (QED) is 0.282. The van der Waals surface area contributed by atoms with Crippen molar-refractivity contribution in [3.05, 3.63) is 56.0 Å². The van der Waals surface area contributed by atoms with Gasteiger partial charge in [0.05, 0.1) is 17.3 Å². The smallest absolute Gasteiger partial charge is 0.244 e. The summed E-state index contributed by atoms with van der Waals surface area (Å²) in [5, 5.41) is 5.32. The molecule has 3 atom stereocenters. The maximum atomic E-state index is 12.6. The highest BCUT2D eigenvalue weighted by atomic mass is 79.9. The highest BCUT2D eigenvalue weighted by molar-refractivity contribution is 9.10. The van der Waals surface area contributed by atoms with Gasteiger partial charge in [0.2, 0.25) is 5.91 Å². The highest BCUT2D eigenvalue weighted by Crippen LogP contribution is 2.66. The van der Waals surface area contributed by atoms with E-state index in [-0.39, 0.29) is 23.8 Å². The average Bonchev–Trinajstić information content (AvgIpc) is 3.40. The molecule has 2 aliphatic carbocycles. The topological polar surface area (TPSA) is 59.9 Å². The van der Waals surface area contributed by atoms with E-state index in [1.165, 1.54) is 12.8 Å². The van der Waals surface area contributed by atoms with Crippen LogP contribution in [0.3, 0.4) is 0 Å². The molecule has 0 saturated heterocycles. The lowest BCUT2D eigenvalue weighted by molar-refractivity contribution is -0.123. The molecular weight excluding hydrogens is 527 g/mol. The van der Waals surface area contributed by atoms with Gasteiger partial charge in [-0.25, -0.2) is 5.43 Å². The minimum absolute atomic E-state index is 0.0181. The Morgan fingerprint density at radius 2 is 2.09 bits per heavy atom. The fourth-order valence-corrected chi connectivity index (χ4v) is 5.98. The first-order chi connectivity index (χ1) is 15.8. The number of benzene rings is 2. The van der Waals surface area contributed by atoms with Gasteiger partial charge in [0.1, 0.15) is 6.61 Å². The molecular formula is C25H27BrCl2N2O3. The van der Waals surface area contributed by atoms with E-state index in [9.17, 15) is 4.79 Å². The van der Waals surface area contributed by atoms with Crippen LogP contribution in [0.2, 0.25) is 10.0 Å². The van der Waals surface area contributed by atoms with Crippen LogP contribution in [0.4, 0.5) is 0 Å². The molecule has 2 aromatic rings. The molecule has 2 fully saturated rings. The van der Waals surface area contributed by atoms with Crippen LogP contribution in [0.25, 0.3) is 0 Å². The Bertz CT molecular complexity index is 1080. The Balaban J connectivity index is 1.43. The van der Waals surface area contributed by atoms with E-state index in [0.717, 1.165) is 24.0 Å². The predicted molar refractivity (Wildman–Crippen MR) is 135 cm³/mol. The monoisotopic (exact) mass is 552 g/mol. The number of hydrogen-bond donors (Lipinski definition) is 1. The van der Waals surface area contributed by atoms with Crippen molar-refractivity contribution < 1.29 is 14.3 Å². The van der Waals surface area contributed by atoms with Gasteiger partial charge in [0.15, 0.2) is 11.5 Å². The van der Waals surface area contributed by atoms with Gasteiger partial charge in [-0.15, -0.1) is 0 Å². The van der Waals surface area contributed by atoms with E-state index in [1.807, 2.05) is 25.1 Å². The highest BCUT2D eigenvalue weighted by Gasteiger charge is 2.64. The van der Waals surface area contributed by atoms with Crippen LogP contribution in [-0.4, -0.2) is 18.7 Å². The van der Waals surface area contributed by atoms with E-state index < -0.39 is 0 Å². The zero-order valence-electron chi connectivity index (χ0n) is 18.7. The van der Waals surface area contributed by atoms with Crippen molar-refractivity contribution in [1.82, 2.24) is 5.43 Å². The van der Waals surface area contributed by atoms with Gasteiger partial charge in [-0.05, 0) is 76.9 Å². The van der Waals surface area contributed by atoms with Gasteiger partial charge in [0, 0.05) is 21.5 Å². The lowest BCUT2D eigenvalue weighted by Crippen LogP contribution is -2.22. The second-order valence-corrected chi connectivity index (χ2v) is 10.6. The molecule has 2 aliphatic rings. The summed E-state index contributed by atoms with van der Waals surface area (Å²) in [6.07, 6.45) is 6.34. The predicted octanol–water partition coefficient (Wildman–Crippen LogP) is 7.01. The average molecular weight is 554 g/mol. The van der Waals surface area contributed by atoms with Gasteiger partial charge in [0.25, 0.3) is 0 Å². The number of carbonyl (C=O) groups excluding carboxylic acids is 1. The second kappa shape index (κ2) is 10.2. The van der Waals surface area contributed by atoms with E-state index in [4.69, 9.17) is 32.7 Å². The summed E-state index contributed by atoms with van der Waals surface area (Å²) in [5.74, 6) is 1.75. The first-order valence-corrected chi connectivity index (χ1v) is 12.7. The number of amides is 1. The van der Waals surface area contributed by atoms with E-state index in [0.29, 0.717) is 38.5 Å². The number of halogens is 3. The molecule has 4 rings (SSSR count). The second-order valence-electron chi connectivity index (χ2n) is 8.86. The molecule has 0 radical (unpaired) electrons. The number of carbonyl (C=O) groups is 1. The summed E-state index contributed by atoms with van der Waals surface area (Å²) in [4.78, 5) is 12.6. The molecule has 0 spiro atoms. The summed E-state index contributed by atoms with van der Waals surface area (Å²) < 4.78 is 12.5. The van der Waals surface area contributed by atoms with Crippen molar-refractivity contribution in [3.63, 3.8) is 0 Å². The lowest BCUT2D eigenvalue weighted by Gasteiger charge is -2.15. The van der Waals surface area contributed by atoms with Crippen molar-refractivity contribution in [2.75, 3.05) is 6.61 Å². The van der Waals surface area contributed by atoms with E-state index in [2.05, 4.69) is 33.4 Å². The van der Waals surface area contributed by atoms with Crippen LogP contribution in [0.5, 0.6) is 11.5 Å². The molecule has 33 heavy (non-hydrogen) atoms. The van der Waals surface area contributed by atoms with Crippen molar-refractivity contribution in [3.8, 4) is 11.5 Å². The molecule has 1 N–H and O–H groups in total. The number of fused-ring (bicyclic) bond motifs is 1. The van der Waals surface area contributed by atoms with Gasteiger partial charge < -0.3 is 9.47 Å². The number of hydrogen-bond acceptors (Lipinski definition) is 4. The normalized spacial score (nSPS) is 23.8. The number of hydrazone groups is 1. The minimum Gasteiger partial charge on any atom is -0.490 e. The fourth-order valence-electron chi connectivity index (χ4n) is 4.94. The van der Waals surface area contributed by atoms with Crippen molar-refractivity contribution in [2.45, 2.75) is 46.1 Å². The lowest BCUT2D eigenvalue weighted by atomic mass is 9.90. The van der Waals surface area contributed by atoms with Gasteiger partial charge >= 0.3 is 0 Å². The largest absolute Gasteiger partial charge is 0.490 e. The summed E-state index contributed by atoms with van der Waals surface area (Å²) >= 11 is 15.8. The number of nitrogens with zero attached hydrogens (tertiary/aromatic N) is 1. The van der Waals surface area contributed by atoms with Crippen molar-refractivity contribution in [2.24, 2.45) is 22.4 Å². The van der Waals surface area contributed by atoms with Crippen LogP contribution in [-0.2, 0) is 11.4 Å². The summed E-state index contributed by atoms with van der Waals surface area (Å²) in [6.45, 7) is 4.87. The molecule has 176 valence electrons. The minimum atomic E-state index is 0.0181. The van der Waals surface area contributed by atoms with Gasteiger partial charge in [-0.1, -0.05) is 49.0 Å². The molecule has 8 heteroatoms. The molecule has 0 bridgehead atoms. The summed E-state index contributed by atoms with van der Waals surface area (Å²) in [7, 11) is 0. The summed E-state index contributed by atoms with van der Waals surface area (Å²) in [5.41, 5.74) is 4.49. The zero-order chi connectivity index (χ0) is 23.6. The first-order valence-electron chi connectivity index (χ1n) is 11.2. The van der Waals surface area contributed by atoms with Crippen LogP contribution in [0, 0.1) is 17.3 Å². The SMILES string of the molecule is CCOc1cc(/C=N/NC(=O)[C@@H]2[C@H]3CCCC[C@]32C)cc(Br)c1OCc1ccc(Cl)cc1Cl. The van der Waals surface area contributed by atoms with Crippen LogP contribution in [0.1, 0.15) is 50.7 Å². The number of ether oxygens (including phenoxy) is 2. The molecule has 0 heterocycles. The molecule has 2 aromatic carbocycles. The Morgan fingerprint density at radius 3 is 2.79 bits per heavy atom. The maximum Gasteiger partial charge on any atom is 0.244 e. The number of nitrogens with one attached hydrogen (secondary N) is 1. The standard InChI is InChI=1S/C25H27BrCl2N2O3/c1-3-32-21-11-15(13-29-30-24(31)22-18-6-4-5-9-25(18,22)2)10-19(26)23(21)33-14-16-7-8-17(27)12-20(16)28/h7-8,10-13,18,22H,3-6,9,14H2,1-2H3,(H,30,31)/b29-13+/t18-,22+,25-/m1/s1. The fraction of sp³-hybridized carbons (Fsp3) is 0.440. The van der Waals surface area contributed by atoms with Crippen LogP contribution >= 0.6 is 39.1 Å². The van der Waals surface area contributed by atoms with Crippen molar-refractivity contribution >= 4 is 51.3 Å². The van der Waals surface area contributed by atoms with Crippen molar-refractivity contribution in [1.29, 1.82) is 0 Å². The van der Waals surface area contributed by atoms with Crippen LogP contribution in [0.15, 0.2) is 39.9 Å². The van der Waals surface area contributed by atoms with Crippen LogP contribution < -0.4 is 14.9 Å². The third kappa shape index (κ3) is 5.33. The van der Waals surface area contributed by atoms with Gasteiger partial charge in [-0.2, -0.15) is 5.10 Å². The third-order valence-corrected chi connectivity index (χ3v) is 7.90. The molecule has 5 nitrogen and oxygen atoms in total. The first kappa shape index (κ1) is 24.4. The number of rotatable bonds is 8.